The average molecular weight is 337 g/mol. The number of rotatable bonds is 4. The predicted octanol–water partition coefficient (Wildman–Crippen LogP) is 1.47. The summed E-state index contributed by atoms with van der Waals surface area (Å²) in [5.74, 6) is -3.58. The highest BCUT2D eigenvalue weighted by atomic mass is 32.2. The molecule has 0 bridgehead atoms. The van der Waals surface area contributed by atoms with E-state index in [1.165, 1.54) is 0 Å². The second kappa shape index (κ2) is 5.36. The van der Waals surface area contributed by atoms with E-state index in [0.29, 0.717) is 0 Å². The SMILES string of the molecule is NS(=O)(=O)c1cc(OC(F)(F)F)c(C(F)F)c([N+](=O)[O-])n1. The van der Waals surface area contributed by atoms with Crippen molar-refractivity contribution >= 4 is 15.8 Å². The Hall–Kier alpha value is -2.09. The molecule has 0 radical (unpaired) electrons. The van der Waals surface area contributed by atoms with Crippen molar-refractivity contribution in [1.29, 1.82) is 0 Å². The van der Waals surface area contributed by atoms with Gasteiger partial charge in [-0.1, -0.05) is 0 Å². The highest BCUT2D eigenvalue weighted by Gasteiger charge is 2.39. The van der Waals surface area contributed by atoms with E-state index in [2.05, 4.69) is 14.9 Å². The highest BCUT2D eigenvalue weighted by Crippen LogP contribution is 2.39. The van der Waals surface area contributed by atoms with Crippen LogP contribution in [0.3, 0.4) is 0 Å². The zero-order chi connectivity index (χ0) is 16.6. The van der Waals surface area contributed by atoms with Gasteiger partial charge in [0.1, 0.15) is 0 Å². The van der Waals surface area contributed by atoms with Gasteiger partial charge in [-0.15, -0.1) is 13.2 Å². The number of aromatic nitrogens is 1. The number of pyridine rings is 1. The van der Waals surface area contributed by atoms with E-state index in [4.69, 9.17) is 0 Å². The fourth-order valence-corrected chi connectivity index (χ4v) is 1.68. The molecule has 14 heteroatoms. The summed E-state index contributed by atoms with van der Waals surface area (Å²) >= 11 is 0. The van der Waals surface area contributed by atoms with Crippen molar-refractivity contribution in [2.24, 2.45) is 5.14 Å². The van der Waals surface area contributed by atoms with Crippen LogP contribution in [0.4, 0.5) is 27.8 Å². The zero-order valence-electron chi connectivity index (χ0n) is 9.47. The summed E-state index contributed by atoms with van der Waals surface area (Å²) in [6.45, 7) is 0. The monoisotopic (exact) mass is 337 g/mol. The molecule has 8 nitrogen and oxygen atoms in total. The van der Waals surface area contributed by atoms with Crippen LogP contribution in [0.1, 0.15) is 12.0 Å². The average Bonchev–Trinajstić information content (AvgIpc) is 2.23. The van der Waals surface area contributed by atoms with Gasteiger partial charge >= 0.3 is 12.2 Å². The highest BCUT2D eigenvalue weighted by molar-refractivity contribution is 7.89. The van der Waals surface area contributed by atoms with Gasteiger partial charge in [0.15, 0.2) is 11.3 Å². The van der Waals surface area contributed by atoms with Gasteiger partial charge in [-0.05, 0) is 9.91 Å². The Morgan fingerprint density at radius 3 is 2.24 bits per heavy atom. The Labute approximate surface area is 112 Å². The van der Waals surface area contributed by atoms with Crippen molar-refractivity contribution in [2.75, 3.05) is 0 Å². The van der Waals surface area contributed by atoms with Gasteiger partial charge in [-0.25, -0.2) is 22.3 Å². The van der Waals surface area contributed by atoms with Crippen molar-refractivity contribution in [2.45, 2.75) is 17.8 Å². The van der Waals surface area contributed by atoms with Crippen molar-refractivity contribution in [3.8, 4) is 5.75 Å². The van der Waals surface area contributed by atoms with E-state index >= 15 is 0 Å². The number of nitro groups is 1. The molecule has 0 saturated carbocycles. The molecular formula is C7H4F5N3O5S. The lowest BCUT2D eigenvalue weighted by atomic mass is 10.2. The second-order valence-electron chi connectivity index (χ2n) is 3.35. The van der Waals surface area contributed by atoms with Crippen molar-refractivity contribution in [1.82, 2.24) is 4.98 Å². The van der Waals surface area contributed by atoms with Crippen molar-refractivity contribution in [3.05, 3.63) is 21.7 Å². The lowest BCUT2D eigenvalue weighted by Gasteiger charge is -2.12. The van der Waals surface area contributed by atoms with Crippen LogP contribution in [-0.2, 0) is 10.0 Å². The van der Waals surface area contributed by atoms with Gasteiger partial charge in [-0.2, -0.15) is 0 Å². The molecule has 0 aliphatic heterocycles. The number of halogens is 5. The minimum Gasteiger partial charge on any atom is -0.405 e. The van der Waals surface area contributed by atoms with Crippen LogP contribution in [0.15, 0.2) is 11.1 Å². The molecule has 0 amide bonds. The van der Waals surface area contributed by atoms with Crippen LogP contribution in [-0.4, -0.2) is 24.7 Å². The molecule has 0 fully saturated rings. The van der Waals surface area contributed by atoms with Crippen LogP contribution in [0.5, 0.6) is 5.75 Å². The normalized spacial score (nSPS) is 12.5. The molecule has 21 heavy (non-hydrogen) atoms. The first kappa shape index (κ1) is 17.0. The second-order valence-corrected chi connectivity index (χ2v) is 4.85. The summed E-state index contributed by atoms with van der Waals surface area (Å²) in [5, 5.41) is 13.7. The summed E-state index contributed by atoms with van der Waals surface area (Å²) < 4.78 is 86.8. The summed E-state index contributed by atoms with van der Waals surface area (Å²) in [4.78, 5) is 11.7. The van der Waals surface area contributed by atoms with Gasteiger partial charge in [0, 0.05) is 6.07 Å². The van der Waals surface area contributed by atoms with Gasteiger partial charge < -0.3 is 14.9 Å². The molecule has 2 N–H and O–H groups in total. The first-order chi connectivity index (χ1) is 9.33. The Kier molecular flexibility index (Phi) is 4.33. The van der Waals surface area contributed by atoms with Crippen LogP contribution < -0.4 is 9.88 Å². The minimum absolute atomic E-state index is 0.0721. The molecule has 1 heterocycles. The number of alkyl halides is 5. The third-order valence-corrected chi connectivity index (χ3v) is 2.68. The van der Waals surface area contributed by atoms with Crippen LogP contribution in [0.25, 0.3) is 0 Å². The molecule has 0 unspecified atom stereocenters. The maximum Gasteiger partial charge on any atom is 0.573 e. The molecule has 1 rings (SSSR count). The zero-order valence-corrected chi connectivity index (χ0v) is 10.3. The van der Waals surface area contributed by atoms with E-state index < -0.39 is 49.9 Å². The first-order valence-electron chi connectivity index (χ1n) is 4.59. The van der Waals surface area contributed by atoms with Crippen LogP contribution in [0, 0.1) is 10.1 Å². The van der Waals surface area contributed by atoms with E-state index in [0.717, 1.165) is 0 Å². The molecule has 1 aromatic rings. The summed E-state index contributed by atoms with van der Waals surface area (Å²) in [6, 6.07) is -0.0721. The molecule has 118 valence electrons. The topological polar surface area (TPSA) is 125 Å². The van der Waals surface area contributed by atoms with Gasteiger partial charge in [-0.3, -0.25) is 0 Å². The minimum atomic E-state index is -5.49. The first-order valence-corrected chi connectivity index (χ1v) is 6.13. The molecule has 0 spiro atoms. The molecule has 0 aliphatic carbocycles. The van der Waals surface area contributed by atoms with E-state index in [-0.39, 0.29) is 6.07 Å². The Bertz CT molecular complexity index is 674. The Morgan fingerprint density at radius 1 is 1.38 bits per heavy atom. The Morgan fingerprint density at radius 2 is 1.90 bits per heavy atom. The number of hydrogen-bond acceptors (Lipinski definition) is 6. The predicted molar refractivity (Wildman–Crippen MR) is 53.9 cm³/mol. The summed E-state index contributed by atoms with van der Waals surface area (Å²) in [5.41, 5.74) is -1.82. The number of nitrogens with two attached hydrogens (primary N) is 1. The maximum atomic E-state index is 12.7. The quantitative estimate of drug-likeness (QED) is 0.504. The number of nitrogens with zero attached hydrogens (tertiary/aromatic N) is 2. The molecule has 0 aliphatic rings. The molecule has 0 aromatic carbocycles. The fourth-order valence-electron chi connectivity index (χ4n) is 1.20. The van der Waals surface area contributed by atoms with E-state index in [1.54, 1.807) is 0 Å². The number of sulfonamides is 1. The lowest BCUT2D eigenvalue weighted by Crippen LogP contribution is -2.21. The third-order valence-electron chi connectivity index (χ3n) is 1.89. The molecular weight excluding hydrogens is 333 g/mol. The van der Waals surface area contributed by atoms with Gasteiger partial charge in [0.2, 0.25) is 0 Å². The molecule has 0 atom stereocenters. The standard InChI is InChI=1S/C7H4F5N3O5S/c8-5(9)4-2(20-7(10,11)12)1-3(21(13,18)19)14-6(4)15(16)17/h1,5H,(H2,13,18,19). The van der Waals surface area contributed by atoms with Crippen molar-refractivity contribution < 1.29 is 40.0 Å². The molecule has 1 aromatic heterocycles. The van der Waals surface area contributed by atoms with Gasteiger partial charge in [0.25, 0.3) is 21.5 Å². The Balaban J connectivity index is 3.72. The number of primary sulfonamides is 1. The van der Waals surface area contributed by atoms with E-state index in [1.807, 2.05) is 0 Å². The maximum absolute atomic E-state index is 12.7. The molecule has 0 saturated heterocycles. The fraction of sp³-hybridized carbons (Fsp3) is 0.286. The summed E-state index contributed by atoms with van der Waals surface area (Å²) in [6.07, 6.45) is -9.26. The largest absolute Gasteiger partial charge is 0.573 e. The van der Waals surface area contributed by atoms with Gasteiger partial charge in [0.05, 0.1) is 0 Å². The van der Waals surface area contributed by atoms with Crippen molar-refractivity contribution in [3.63, 3.8) is 0 Å². The van der Waals surface area contributed by atoms with E-state index in [9.17, 15) is 40.5 Å². The number of hydrogen-bond donors (Lipinski definition) is 1. The third kappa shape index (κ3) is 4.19. The van der Waals surface area contributed by atoms with Crippen LogP contribution >= 0.6 is 0 Å². The number of ether oxygens (including phenoxy) is 1. The lowest BCUT2D eigenvalue weighted by molar-refractivity contribution is -0.391. The van der Waals surface area contributed by atoms with Crippen LogP contribution in [0.2, 0.25) is 0 Å². The summed E-state index contributed by atoms with van der Waals surface area (Å²) in [7, 11) is -4.79. The smallest absolute Gasteiger partial charge is 0.405 e.